The fourth-order valence-electron chi connectivity index (χ4n) is 9.61. The fraction of sp³-hybridized carbons (Fsp3) is 0.182. The molecule has 2 aliphatic rings. The van der Waals surface area contributed by atoms with Crippen molar-refractivity contribution in [2.24, 2.45) is 0 Å². The molecule has 2 atom stereocenters. The fourth-order valence-corrected chi connectivity index (χ4v) is 65.9. The van der Waals surface area contributed by atoms with Gasteiger partial charge >= 0.3 is 277 Å². The van der Waals surface area contributed by atoms with E-state index in [0.29, 0.717) is 7.35 Å². The van der Waals surface area contributed by atoms with Gasteiger partial charge in [0, 0.05) is 0 Å². The zero-order valence-electron chi connectivity index (χ0n) is 27.4. The predicted molar refractivity (Wildman–Crippen MR) is 201 cm³/mol. The van der Waals surface area contributed by atoms with Crippen molar-refractivity contribution < 1.29 is 17.1 Å². The van der Waals surface area contributed by atoms with Gasteiger partial charge in [0.15, 0.2) is 0 Å². The zero-order valence-corrected chi connectivity index (χ0v) is 32.0. The third kappa shape index (κ3) is 4.33. The van der Waals surface area contributed by atoms with E-state index < -0.39 is 22.6 Å². The molecule has 0 N–H and O–H groups in total. The molecule has 2 unspecified atom stereocenters. The van der Waals surface area contributed by atoms with E-state index in [2.05, 4.69) is 169 Å². The quantitative estimate of drug-likeness (QED) is 0.148. The monoisotopic (exact) mass is 778 g/mol. The summed E-state index contributed by atoms with van der Waals surface area (Å²) >= 11 is -3.87. The van der Waals surface area contributed by atoms with Crippen LogP contribution in [0.3, 0.4) is 0 Å². The van der Waals surface area contributed by atoms with Crippen LogP contribution in [-0.2, 0) is 17.1 Å². The Morgan fingerprint density at radius 2 is 0.870 bits per heavy atom. The molecule has 6 aromatic carbocycles. The second kappa shape index (κ2) is 11.3. The molecule has 0 fully saturated rings. The van der Waals surface area contributed by atoms with Crippen LogP contribution in [0.25, 0.3) is 56.0 Å². The Morgan fingerprint density at radius 1 is 0.478 bits per heavy atom. The van der Waals surface area contributed by atoms with E-state index in [1.54, 1.807) is 11.1 Å². The van der Waals surface area contributed by atoms with Crippen LogP contribution in [0.4, 0.5) is 0 Å². The first-order chi connectivity index (χ1) is 22.4. The van der Waals surface area contributed by atoms with Crippen LogP contribution in [0.15, 0.2) is 133 Å². The Hall–Kier alpha value is -3.59. The van der Waals surface area contributed by atoms with E-state index in [1.165, 1.54) is 67.0 Å². The van der Waals surface area contributed by atoms with E-state index in [4.69, 9.17) is 0 Å². The summed E-state index contributed by atoms with van der Waals surface area (Å²) in [5.41, 5.74) is 10.9. The van der Waals surface area contributed by atoms with Crippen molar-refractivity contribution in [1.82, 2.24) is 0 Å². The molecule has 6 aromatic rings. The average molecular weight is 777 g/mol. The van der Waals surface area contributed by atoms with Crippen LogP contribution < -0.4 is 0 Å². The molecule has 0 spiro atoms. The van der Waals surface area contributed by atoms with Crippen LogP contribution in [0, 0.1) is 0 Å². The third-order valence-electron chi connectivity index (χ3n) is 11.9. The number of fused-ring (bicyclic) bond motifs is 4. The van der Waals surface area contributed by atoms with Crippen molar-refractivity contribution in [2.45, 2.75) is 42.6 Å². The number of allylic oxidation sites excluding steroid dienone is 2. The molecule has 0 heterocycles. The molecule has 0 aliphatic heterocycles. The normalized spacial score (nSPS) is 17.1. The van der Waals surface area contributed by atoms with Gasteiger partial charge in [-0.25, -0.2) is 0 Å². The molecule has 0 nitrogen and oxygen atoms in total. The predicted octanol–water partition coefficient (Wildman–Crippen LogP) is 13.0. The second-order valence-electron chi connectivity index (χ2n) is 14.3. The van der Waals surface area contributed by atoms with Gasteiger partial charge in [-0.05, 0) is 0 Å². The summed E-state index contributed by atoms with van der Waals surface area (Å²) in [4.78, 5) is 0. The Kier molecular flexibility index (Phi) is 7.31. The summed E-state index contributed by atoms with van der Waals surface area (Å²) in [7, 11) is 0. The van der Waals surface area contributed by atoms with Crippen LogP contribution in [0.2, 0.25) is 21.4 Å². The maximum absolute atomic E-state index is 3.87. The zero-order chi connectivity index (χ0) is 31.5. The molecule has 0 radical (unpaired) electrons. The molecule has 226 valence electrons. The van der Waals surface area contributed by atoms with Crippen molar-refractivity contribution in [3.05, 3.63) is 156 Å². The molecule has 2 aliphatic carbocycles. The molecule has 0 amide bonds. The van der Waals surface area contributed by atoms with Gasteiger partial charge in [-0.1, -0.05) is 0 Å². The molecule has 0 saturated heterocycles. The summed E-state index contributed by atoms with van der Waals surface area (Å²) in [6, 6.07) is 48.3. The Balaban J connectivity index is 1.32. The summed E-state index contributed by atoms with van der Waals surface area (Å²) < 4.78 is 6.83. The van der Waals surface area contributed by atoms with Gasteiger partial charge in [0.05, 0.1) is 0 Å². The topological polar surface area (TPSA) is 0 Å². The van der Waals surface area contributed by atoms with Crippen LogP contribution in [-0.4, -0.2) is 5.49 Å². The van der Waals surface area contributed by atoms with Crippen molar-refractivity contribution in [1.29, 1.82) is 0 Å². The van der Waals surface area contributed by atoms with Gasteiger partial charge in [-0.3, -0.25) is 0 Å². The van der Waals surface area contributed by atoms with Gasteiger partial charge in [-0.15, -0.1) is 0 Å². The van der Waals surface area contributed by atoms with E-state index in [0.717, 1.165) is 0 Å². The Morgan fingerprint density at radius 3 is 1.33 bits per heavy atom. The molecule has 8 rings (SSSR count). The summed E-state index contributed by atoms with van der Waals surface area (Å²) in [5, 5.41) is 5.30. The van der Waals surface area contributed by atoms with Crippen molar-refractivity contribution >= 4 is 39.2 Å². The van der Waals surface area contributed by atoms with E-state index >= 15 is 0 Å². The first kappa shape index (κ1) is 29.8. The molecule has 0 aromatic heterocycles. The third-order valence-corrected chi connectivity index (χ3v) is 70.0. The average Bonchev–Trinajstić information content (AvgIpc) is 3.75. The Labute approximate surface area is 275 Å². The number of rotatable bonds is 6. The van der Waals surface area contributed by atoms with E-state index in [1.807, 2.05) is 0 Å². The van der Waals surface area contributed by atoms with Crippen molar-refractivity contribution in [2.75, 3.05) is 0 Å². The molecule has 0 saturated carbocycles. The van der Waals surface area contributed by atoms with Crippen LogP contribution >= 0.6 is 0 Å². The molecule has 2 heteroatoms. The van der Waals surface area contributed by atoms with E-state index in [-0.39, 0.29) is 0 Å². The van der Waals surface area contributed by atoms with Crippen molar-refractivity contribution in [3.8, 4) is 22.3 Å². The second-order valence-corrected chi connectivity index (χ2v) is 60.6. The summed E-state index contributed by atoms with van der Waals surface area (Å²) in [6.07, 6.45) is 10.4. The van der Waals surface area contributed by atoms with Crippen LogP contribution in [0.1, 0.15) is 43.5 Å². The molecule has 0 bridgehead atoms. The van der Waals surface area contributed by atoms with Gasteiger partial charge in [-0.2, -0.15) is 0 Å². The standard InChI is InChI=1S/2C19H13.C4H10Si.2CH3.Hf/c2*1-2-10-16-14(6-1)8-4-12-18(16)19-13-5-9-15-7-3-11-17(15)19;1-3-5-4-2;;;/h2*1-13H;3-4H2,1-2H3;2*1H3;. The molecule has 46 heavy (non-hydrogen) atoms. The number of benzene rings is 6. The van der Waals surface area contributed by atoms with E-state index in [9.17, 15) is 0 Å². The van der Waals surface area contributed by atoms with Gasteiger partial charge in [0.25, 0.3) is 0 Å². The Bertz CT molecular complexity index is 2140. The SMILES string of the molecule is CC[Si](CC)=[Hf]([CH3])([CH3])([CH]1C=Cc2c(-c3cccc4ccccc34)cccc21)[CH]1C=Cc2c(-c3cccc4ccccc34)cccc21. The number of hydrogen-bond donors (Lipinski definition) is 0. The summed E-state index contributed by atoms with van der Waals surface area (Å²) in [6.45, 7) is 5.00. The maximum atomic E-state index is 2.88. The van der Waals surface area contributed by atoms with Gasteiger partial charge in [0.2, 0.25) is 0 Å². The van der Waals surface area contributed by atoms with Gasteiger partial charge in [0.1, 0.15) is 0 Å². The molecular formula is C44H42HfSi. The first-order valence-electron chi connectivity index (χ1n) is 17.1. The van der Waals surface area contributed by atoms with Crippen molar-refractivity contribution in [3.63, 3.8) is 0 Å². The summed E-state index contributed by atoms with van der Waals surface area (Å²) in [5.74, 6) is 0. The van der Waals surface area contributed by atoms with Gasteiger partial charge < -0.3 is 0 Å². The minimum absolute atomic E-state index is 0.539. The molecular weight excluding hydrogens is 735 g/mol. The number of hydrogen-bond acceptors (Lipinski definition) is 0. The van der Waals surface area contributed by atoms with Crippen LogP contribution in [0.5, 0.6) is 0 Å². The minimum atomic E-state index is -3.87. The first-order valence-corrected chi connectivity index (χ1v) is 35.7.